The van der Waals surface area contributed by atoms with Crippen LogP contribution in [0.15, 0.2) is 16.6 Å². The zero-order chi connectivity index (χ0) is 14.8. The molecule has 0 spiro atoms. The molecular formula is C14H21BrN2O2S. The van der Waals surface area contributed by atoms with Crippen molar-refractivity contribution in [2.45, 2.75) is 26.7 Å². The molecule has 1 heterocycles. The first-order chi connectivity index (χ1) is 9.37. The van der Waals surface area contributed by atoms with Gasteiger partial charge in [0, 0.05) is 10.2 Å². The quantitative estimate of drug-likeness (QED) is 0.867. The number of aryl methyl sites for hydroxylation is 2. The third kappa shape index (κ3) is 4.20. The first kappa shape index (κ1) is 15.8. The Labute approximate surface area is 129 Å². The second-order valence-corrected chi connectivity index (χ2v) is 8.06. The fraction of sp³-hybridized carbons (Fsp3) is 0.571. The molecule has 1 aromatic carbocycles. The normalized spacial score (nSPS) is 17.1. The van der Waals surface area contributed by atoms with Crippen molar-refractivity contribution in [1.82, 2.24) is 5.32 Å². The van der Waals surface area contributed by atoms with Crippen LogP contribution in [0.3, 0.4) is 0 Å². The minimum atomic E-state index is -3.27. The van der Waals surface area contributed by atoms with Crippen molar-refractivity contribution >= 4 is 31.6 Å². The van der Waals surface area contributed by atoms with E-state index in [1.807, 2.05) is 26.0 Å². The summed E-state index contributed by atoms with van der Waals surface area (Å²) in [5, 5.41) is 3.25. The second-order valence-electron chi connectivity index (χ2n) is 5.50. The number of sulfonamides is 1. The number of rotatable bonds is 4. The fourth-order valence-electron chi connectivity index (χ4n) is 2.58. The van der Waals surface area contributed by atoms with Gasteiger partial charge in [-0.2, -0.15) is 0 Å². The van der Waals surface area contributed by atoms with Crippen molar-refractivity contribution in [3.05, 3.63) is 27.7 Å². The molecule has 0 saturated carbocycles. The number of nitrogens with one attached hydrogen (secondary N) is 2. The van der Waals surface area contributed by atoms with Crippen LogP contribution in [-0.4, -0.2) is 27.3 Å². The van der Waals surface area contributed by atoms with E-state index in [-0.39, 0.29) is 11.7 Å². The minimum absolute atomic E-state index is 0.211. The number of anilines is 1. The molecule has 1 saturated heterocycles. The van der Waals surface area contributed by atoms with Gasteiger partial charge in [0.05, 0.1) is 5.75 Å². The average molecular weight is 361 g/mol. The summed E-state index contributed by atoms with van der Waals surface area (Å²) in [5.41, 5.74) is 2.71. The first-order valence-corrected chi connectivity index (χ1v) is 9.30. The monoisotopic (exact) mass is 360 g/mol. The zero-order valence-corrected chi connectivity index (χ0v) is 14.3. The van der Waals surface area contributed by atoms with Crippen LogP contribution in [-0.2, 0) is 10.0 Å². The predicted molar refractivity (Wildman–Crippen MR) is 86.6 cm³/mol. The highest BCUT2D eigenvalue weighted by Gasteiger charge is 2.21. The van der Waals surface area contributed by atoms with Crippen LogP contribution in [0, 0.1) is 19.8 Å². The Morgan fingerprint density at radius 2 is 1.80 bits per heavy atom. The summed E-state index contributed by atoms with van der Waals surface area (Å²) in [6.45, 7) is 5.75. The van der Waals surface area contributed by atoms with Gasteiger partial charge in [-0.1, -0.05) is 15.9 Å². The van der Waals surface area contributed by atoms with Gasteiger partial charge in [-0.25, -0.2) is 8.42 Å². The molecule has 6 heteroatoms. The third-order valence-corrected chi connectivity index (χ3v) is 6.33. The summed E-state index contributed by atoms with van der Waals surface area (Å²) in [4.78, 5) is 0. The molecule has 0 unspecified atom stereocenters. The molecule has 0 atom stereocenters. The Hall–Kier alpha value is -0.590. The van der Waals surface area contributed by atoms with Crippen molar-refractivity contribution in [1.29, 1.82) is 0 Å². The Morgan fingerprint density at radius 3 is 2.35 bits per heavy atom. The first-order valence-electron chi connectivity index (χ1n) is 6.85. The molecule has 2 N–H and O–H groups in total. The molecule has 2 rings (SSSR count). The van der Waals surface area contributed by atoms with Crippen LogP contribution >= 0.6 is 15.9 Å². The van der Waals surface area contributed by atoms with Crippen molar-refractivity contribution in [3.8, 4) is 0 Å². The lowest BCUT2D eigenvalue weighted by Crippen LogP contribution is -2.33. The third-order valence-electron chi connectivity index (χ3n) is 3.62. The molecule has 0 bridgehead atoms. The average Bonchev–Trinajstić information content (AvgIpc) is 2.36. The minimum Gasteiger partial charge on any atom is -0.317 e. The summed E-state index contributed by atoms with van der Waals surface area (Å²) in [6.07, 6.45) is 1.86. The molecule has 1 fully saturated rings. The smallest absolute Gasteiger partial charge is 0.232 e. The SMILES string of the molecule is Cc1cc(NS(=O)(=O)CC2CCNCC2)cc(C)c1Br. The molecular weight excluding hydrogens is 340 g/mol. The van der Waals surface area contributed by atoms with Gasteiger partial charge in [-0.05, 0) is 69.0 Å². The van der Waals surface area contributed by atoms with E-state index >= 15 is 0 Å². The fourth-order valence-corrected chi connectivity index (χ4v) is 4.33. The predicted octanol–water partition coefficient (Wildman–Crippen LogP) is 2.81. The second kappa shape index (κ2) is 6.45. The topological polar surface area (TPSA) is 58.2 Å². The Balaban J connectivity index is 2.07. The molecule has 1 aromatic rings. The van der Waals surface area contributed by atoms with Crippen LogP contribution in [0.2, 0.25) is 0 Å². The number of halogens is 1. The summed E-state index contributed by atoms with van der Waals surface area (Å²) >= 11 is 3.49. The number of hydrogen-bond donors (Lipinski definition) is 2. The maximum atomic E-state index is 12.2. The van der Waals surface area contributed by atoms with Gasteiger partial charge < -0.3 is 5.32 Å². The van der Waals surface area contributed by atoms with E-state index in [1.165, 1.54) is 0 Å². The summed E-state index contributed by atoms with van der Waals surface area (Å²) in [5.74, 6) is 0.467. The largest absolute Gasteiger partial charge is 0.317 e. The van der Waals surface area contributed by atoms with Crippen LogP contribution in [0.4, 0.5) is 5.69 Å². The number of hydrogen-bond acceptors (Lipinski definition) is 3. The molecule has 0 radical (unpaired) electrons. The van der Waals surface area contributed by atoms with E-state index in [2.05, 4.69) is 26.0 Å². The van der Waals surface area contributed by atoms with Gasteiger partial charge in [-0.3, -0.25) is 4.72 Å². The highest BCUT2D eigenvalue weighted by Crippen LogP contribution is 2.26. The van der Waals surface area contributed by atoms with Crippen molar-refractivity contribution in [2.24, 2.45) is 5.92 Å². The van der Waals surface area contributed by atoms with Crippen LogP contribution in [0.5, 0.6) is 0 Å². The molecule has 1 aliphatic heterocycles. The molecule has 0 aliphatic carbocycles. The maximum Gasteiger partial charge on any atom is 0.232 e. The molecule has 0 aromatic heterocycles. The van der Waals surface area contributed by atoms with E-state index < -0.39 is 10.0 Å². The Kier molecular flexibility index (Phi) is 5.09. The highest BCUT2D eigenvalue weighted by molar-refractivity contribution is 9.10. The summed E-state index contributed by atoms with van der Waals surface area (Å²) in [7, 11) is -3.27. The molecule has 4 nitrogen and oxygen atoms in total. The molecule has 112 valence electrons. The van der Waals surface area contributed by atoms with Gasteiger partial charge >= 0.3 is 0 Å². The van der Waals surface area contributed by atoms with Gasteiger partial charge in [0.1, 0.15) is 0 Å². The van der Waals surface area contributed by atoms with Crippen LogP contribution < -0.4 is 10.0 Å². The Bertz CT molecular complexity index is 558. The standard InChI is InChI=1S/C14H21BrN2O2S/c1-10-7-13(8-11(2)14(10)15)17-20(18,19)9-12-3-5-16-6-4-12/h7-8,12,16-17H,3-6,9H2,1-2H3. The molecule has 20 heavy (non-hydrogen) atoms. The lowest BCUT2D eigenvalue weighted by molar-refractivity contribution is 0.402. The van der Waals surface area contributed by atoms with Crippen molar-refractivity contribution in [3.63, 3.8) is 0 Å². The Morgan fingerprint density at radius 1 is 1.25 bits per heavy atom. The molecule has 0 amide bonds. The molecule has 1 aliphatic rings. The lowest BCUT2D eigenvalue weighted by Gasteiger charge is -2.22. The van der Waals surface area contributed by atoms with Gasteiger partial charge in [0.2, 0.25) is 10.0 Å². The van der Waals surface area contributed by atoms with E-state index in [1.54, 1.807) is 0 Å². The zero-order valence-electron chi connectivity index (χ0n) is 11.9. The number of piperidine rings is 1. The highest BCUT2D eigenvalue weighted by atomic mass is 79.9. The van der Waals surface area contributed by atoms with E-state index in [9.17, 15) is 8.42 Å². The van der Waals surface area contributed by atoms with Crippen LogP contribution in [0.1, 0.15) is 24.0 Å². The van der Waals surface area contributed by atoms with Crippen LogP contribution in [0.25, 0.3) is 0 Å². The lowest BCUT2D eigenvalue weighted by atomic mass is 10.0. The van der Waals surface area contributed by atoms with E-state index in [4.69, 9.17) is 0 Å². The van der Waals surface area contributed by atoms with E-state index in [0.717, 1.165) is 41.5 Å². The van der Waals surface area contributed by atoms with Crippen molar-refractivity contribution in [2.75, 3.05) is 23.6 Å². The number of benzene rings is 1. The van der Waals surface area contributed by atoms with Gasteiger partial charge in [0.25, 0.3) is 0 Å². The summed E-state index contributed by atoms with van der Waals surface area (Å²) in [6, 6.07) is 3.72. The van der Waals surface area contributed by atoms with Gasteiger partial charge in [0.15, 0.2) is 0 Å². The van der Waals surface area contributed by atoms with E-state index in [0.29, 0.717) is 5.69 Å². The van der Waals surface area contributed by atoms with Gasteiger partial charge in [-0.15, -0.1) is 0 Å². The maximum absolute atomic E-state index is 12.2. The van der Waals surface area contributed by atoms with Crippen molar-refractivity contribution < 1.29 is 8.42 Å². The summed E-state index contributed by atoms with van der Waals surface area (Å²) < 4.78 is 28.2.